The van der Waals surface area contributed by atoms with E-state index in [2.05, 4.69) is 20.9 Å². The lowest BCUT2D eigenvalue weighted by atomic mass is 10.2. The van der Waals surface area contributed by atoms with Gasteiger partial charge in [-0.05, 0) is 15.9 Å². The number of halogens is 6. The third kappa shape index (κ3) is 2.36. The first-order valence-electron chi connectivity index (χ1n) is 3.54. The zero-order chi connectivity index (χ0) is 11.8. The molecule has 84 valence electrons. The van der Waals surface area contributed by atoms with E-state index in [0.29, 0.717) is 6.20 Å². The van der Waals surface area contributed by atoms with Crippen molar-refractivity contribution in [3.63, 3.8) is 0 Å². The third-order valence-corrected chi connectivity index (χ3v) is 2.43. The molecule has 0 amide bonds. The highest BCUT2D eigenvalue weighted by molar-refractivity contribution is 9.10. The molecule has 0 fully saturated rings. The van der Waals surface area contributed by atoms with Gasteiger partial charge >= 0.3 is 6.18 Å². The van der Waals surface area contributed by atoms with Crippen molar-refractivity contribution in [1.29, 1.82) is 0 Å². The van der Waals surface area contributed by atoms with E-state index in [1.54, 1.807) is 0 Å². The lowest BCUT2D eigenvalue weighted by molar-refractivity contribution is -0.137. The molecule has 0 aromatic carbocycles. The Morgan fingerprint density at radius 2 is 1.87 bits per heavy atom. The topological polar surface area (TPSA) is 38.9 Å². The van der Waals surface area contributed by atoms with Gasteiger partial charge in [0.15, 0.2) is 0 Å². The summed E-state index contributed by atoms with van der Waals surface area (Å²) in [6.07, 6.45) is -7.40. The highest BCUT2D eigenvalue weighted by Crippen LogP contribution is 2.39. The normalized spacial score (nSPS) is 12.2. The van der Waals surface area contributed by atoms with Crippen LogP contribution in [-0.4, -0.2) is 4.98 Å². The molecule has 0 unspecified atom stereocenters. The predicted molar refractivity (Wildman–Crippen MR) is 46.3 cm³/mol. The number of hydrogen-bond donors (Lipinski definition) is 1. The van der Waals surface area contributed by atoms with E-state index in [0.717, 1.165) is 0 Å². The van der Waals surface area contributed by atoms with Crippen molar-refractivity contribution in [2.75, 3.05) is 5.73 Å². The molecular weight excluding hydrogens is 287 g/mol. The largest absolute Gasteiger partial charge is 0.419 e. The van der Waals surface area contributed by atoms with Gasteiger partial charge in [-0.3, -0.25) is 4.98 Å². The predicted octanol–water partition coefficient (Wildman–Crippen LogP) is 3.38. The summed E-state index contributed by atoms with van der Waals surface area (Å²) in [5.74, 6) is 0. The summed E-state index contributed by atoms with van der Waals surface area (Å²) in [4.78, 5) is 3.01. The summed E-state index contributed by atoms with van der Waals surface area (Å²) in [7, 11) is 0. The lowest BCUT2D eigenvalue weighted by Crippen LogP contribution is -2.11. The Balaban J connectivity index is 3.34. The van der Waals surface area contributed by atoms with Gasteiger partial charge in [0.2, 0.25) is 0 Å². The number of nitrogens with zero attached hydrogens (tertiary/aromatic N) is 1. The van der Waals surface area contributed by atoms with Gasteiger partial charge in [0.1, 0.15) is 5.69 Å². The maximum Gasteiger partial charge on any atom is 0.419 e. The van der Waals surface area contributed by atoms with Gasteiger partial charge in [-0.15, -0.1) is 0 Å². The standard InChI is InChI=1S/C7H4BrF5N2/c8-3-4(14)2(7(11,12)13)1-15-5(3)6(9)10/h1,6H,(H2,14,15). The van der Waals surface area contributed by atoms with Crippen LogP contribution in [0.3, 0.4) is 0 Å². The number of anilines is 1. The second-order valence-electron chi connectivity index (χ2n) is 2.58. The molecule has 2 N–H and O–H groups in total. The molecule has 0 bridgehead atoms. The summed E-state index contributed by atoms with van der Waals surface area (Å²) < 4.78 is 60.6. The van der Waals surface area contributed by atoms with Crippen LogP contribution >= 0.6 is 15.9 Å². The summed E-state index contributed by atoms with van der Waals surface area (Å²) in [6, 6.07) is 0. The quantitative estimate of drug-likeness (QED) is 0.805. The minimum Gasteiger partial charge on any atom is -0.397 e. The number of alkyl halides is 5. The Hall–Kier alpha value is -0.920. The van der Waals surface area contributed by atoms with E-state index >= 15 is 0 Å². The summed E-state index contributed by atoms with van der Waals surface area (Å²) in [6.45, 7) is 0. The maximum atomic E-state index is 12.2. The molecule has 1 aromatic rings. The molecule has 1 aromatic heterocycles. The van der Waals surface area contributed by atoms with Crippen molar-refractivity contribution in [2.24, 2.45) is 0 Å². The first kappa shape index (κ1) is 12.2. The van der Waals surface area contributed by atoms with Crippen LogP contribution in [0.2, 0.25) is 0 Å². The van der Waals surface area contributed by atoms with Gasteiger partial charge in [-0.1, -0.05) is 0 Å². The van der Waals surface area contributed by atoms with Gasteiger partial charge in [-0.2, -0.15) is 13.2 Å². The van der Waals surface area contributed by atoms with Crippen molar-refractivity contribution in [1.82, 2.24) is 4.98 Å². The zero-order valence-corrected chi connectivity index (χ0v) is 8.53. The minimum absolute atomic E-state index is 0.293. The molecule has 8 heteroatoms. The highest BCUT2D eigenvalue weighted by Gasteiger charge is 2.35. The maximum absolute atomic E-state index is 12.2. The molecule has 0 saturated carbocycles. The van der Waals surface area contributed by atoms with E-state index in [9.17, 15) is 22.0 Å². The van der Waals surface area contributed by atoms with E-state index < -0.39 is 34.0 Å². The van der Waals surface area contributed by atoms with E-state index in [-0.39, 0.29) is 0 Å². The van der Waals surface area contributed by atoms with E-state index in [1.807, 2.05) is 0 Å². The monoisotopic (exact) mass is 290 g/mol. The Bertz CT molecular complexity index is 376. The Labute approximate surface area is 89.4 Å². The molecule has 15 heavy (non-hydrogen) atoms. The zero-order valence-electron chi connectivity index (χ0n) is 6.95. The van der Waals surface area contributed by atoms with E-state index in [4.69, 9.17) is 5.73 Å². The molecule has 0 aliphatic carbocycles. The van der Waals surface area contributed by atoms with Crippen LogP contribution in [0.4, 0.5) is 27.6 Å². The fraction of sp³-hybridized carbons (Fsp3) is 0.286. The van der Waals surface area contributed by atoms with Crippen LogP contribution in [0.15, 0.2) is 10.7 Å². The molecule has 1 heterocycles. The summed E-state index contributed by atoms with van der Waals surface area (Å²) >= 11 is 2.56. The van der Waals surface area contributed by atoms with Crippen LogP contribution in [-0.2, 0) is 6.18 Å². The molecule has 2 nitrogen and oxygen atoms in total. The van der Waals surface area contributed by atoms with Crippen molar-refractivity contribution in [3.05, 3.63) is 21.9 Å². The highest BCUT2D eigenvalue weighted by atomic mass is 79.9. The number of rotatable bonds is 1. The molecule has 0 atom stereocenters. The van der Waals surface area contributed by atoms with Crippen molar-refractivity contribution >= 4 is 21.6 Å². The molecule has 1 rings (SSSR count). The average Bonchev–Trinajstić information content (AvgIpc) is 2.06. The van der Waals surface area contributed by atoms with Crippen molar-refractivity contribution < 1.29 is 22.0 Å². The molecule has 0 radical (unpaired) electrons. The average molecular weight is 291 g/mol. The Kier molecular flexibility index (Phi) is 3.17. The first-order chi connectivity index (χ1) is 6.75. The SMILES string of the molecule is Nc1c(C(F)(F)F)cnc(C(F)F)c1Br. The van der Waals surface area contributed by atoms with Crippen LogP contribution in [0.1, 0.15) is 17.7 Å². The van der Waals surface area contributed by atoms with Crippen molar-refractivity contribution in [2.45, 2.75) is 12.6 Å². The molecule has 0 aliphatic rings. The van der Waals surface area contributed by atoms with Crippen LogP contribution in [0.25, 0.3) is 0 Å². The minimum atomic E-state index is -4.71. The fourth-order valence-electron chi connectivity index (χ4n) is 0.895. The van der Waals surface area contributed by atoms with Crippen LogP contribution in [0, 0.1) is 0 Å². The van der Waals surface area contributed by atoms with Gasteiger partial charge < -0.3 is 5.73 Å². The van der Waals surface area contributed by atoms with Gasteiger partial charge in [-0.25, -0.2) is 8.78 Å². The number of pyridine rings is 1. The van der Waals surface area contributed by atoms with Gasteiger partial charge in [0.25, 0.3) is 6.43 Å². The fourth-order valence-corrected chi connectivity index (χ4v) is 1.38. The Morgan fingerprint density at radius 3 is 2.27 bits per heavy atom. The second kappa shape index (κ2) is 3.92. The van der Waals surface area contributed by atoms with Crippen molar-refractivity contribution in [3.8, 4) is 0 Å². The van der Waals surface area contributed by atoms with E-state index in [1.165, 1.54) is 0 Å². The van der Waals surface area contributed by atoms with Crippen LogP contribution in [0.5, 0.6) is 0 Å². The lowest BCUT2D eigenvalue weighted by Gasteiger charge is -2.12. The Morgan fingerprint density at radius 1 is 1.33 bits per heavy atom. The van der Waals surface area contributed by atoms with Crippen LogP contribution < -0.4 is 5.73 Å². The first-order valence-corrected chi connectivity index (χ1v) is 4.33. The molecule has 0 spiro atoms. The number of hydrogen-bond acceptors (Lipinski definition) is 2. The van der Waals surface area contributed by atoms with Gasteiger partial charge in [0.05, 0.1) is 15.7 Å². The second-order valence-corrected chi connectivity index (χ2v) is 3.38. The van der Waals surface area contributed by atoms with Gasteiger partial charge in [0, 0.05) is 6.20 Å². The molecular formula is C7H4BrF5N2. The number of aromatic nitrogens is 1. The smallest absolute Gasteiger partial charge is 0.397 e. The molecule has 0 aliphatic heterocycles. The third-order valence-electron chi connectivity index (χ3n) is 1.60. The summed E-state index contributed by atoms with van der Waals surface area (Å²) in [5.41, 5.74) is 2.24. The number of nitrogens with two attached hydrogens (primary N) is 1. The summed E-state index contributed by atoms with van der Waals surface area (Å²) in [5, 5.41) is 0. The molecule has 0 saturated heterocycles. The number of nitrogen functional groups attached to an aromatic ring is 1.